The Morgan fingerprint density at radius 2 is 2.00 bits per heavy atom. The molecule has 31 heavy (non-hydrogen) atoms. The highest BCUT2D eigenvalue weighted by molar-refractivity contribution is 14.1. The van der Waals surface area contributed by atoms with E-state index in [4.69, 9.17) is 0 Å². The van der Waals surface area contributed by atoms with Crippen molar-refractivity contribution in [3.63, 3.8) is 0 Å². The number of carbonyl (C=O) groups is 3. The van der Waals surface area contributed by atoms with Crippen molar-refractivity contribution < 1.29 is 14.4 Å². The normalized spacial score (nSPS) is 22.8. The summed E-state index contributed by atoms with van der Waals surface area (Å²) in [5.74, 6) is -0.830. The lowest BCUT2D eigenvalue weighted by atomic mass is 10.0. The Morgan fingerprint density at radius 3 is 2.81 bits per heavy atom. The highest BCUT2D eigenvalue weighted by Gasteiger charge is 2.39. The third-order valence-corrected chi connectivity index (χ3v) is 7.04. The molecule has 3 heterocycles. The van der Waals surface area contributed by atoms with E-state index in [0.717, 1.165) is 17.9 Å². The minimum absolute atomic E-state index is 0.0549. The van der Waals surface area contributed by atoms with Crippen molar-refractivity contribution in [2.75, 3.05) is 23.9 Å². The zero-order chi connectivity index (χ0) is 21.7. The van der Waals surface area contributed by atoms with Gasteiger partial charge in [-0.2, -0.15) is 0 Å². The van der Waals surface area contributed by atoms with E-state index < -0.39 is 11.9 Å². The molecule has 0 bridgehead atoms. The van der Waals surface area contributed by atoms with E-state index in [-0.39, 0.29) is 24.4 Å². The van der Waals surface area contributed by atoms with Gasteiger partial charge in [0.15, 0.2) is 0 Å². The molecule has 2 aromatic rings. The average Bonchev–Trinajstić information content (AvgIpc) is 3.06. The minimum atomic E-state index is -0.599. The van der Waals surface area contributed by atoms with Gasteiger partial charge in [-0.1, -0.05) is 6.07 Å². The van der Waals surface area contributed by atoms with Gasteiger partial charge in [0, 0.05) is 46.1 Å². The molecule has 9 heteroatoms. The summed E-state index contributed by atoms with van der Waals surface area (Å²) in [6.07, 6.45) is 0.564. The van der Waals surface area contributed by atoms with Gasteiger partial charge in [0.2, 0.25) is 11.8 Å². The van der Waals surface area contributed by atoms with Crippen LogP contribution in [0.2, 0.25) is 0 Å². The number of rotatable bonds is 3. The third-order valence-electron chi connectivity index (χ3n) is 6.10. The van der Waals surface area contributed by atoms with Crippen LogP contribution in [0.15, 0.2) is 36.4 Å². The van der Waals surface area contributed by atoms with Crippen LogP contribution in [0.25, 0.3) is 0 Å². The molecule has 2 unspecified atom stereocenters. The molecular formula is C22H22IN5O3. The standard InChI is InChI=1S/C22H22IN5O3/c1-27-11-24-20(19-15(23)3-2-4-16(19)27)25-13-5-6-14-12(9-13)10-28(22(14)31)17-7-8-18(29)26-21(17)30/h2-6,9,17,20,24-25H,7-8,10-11H2,1H3,(H,26,29,30). The quantitative estimate of drug-likeness (QED) is 0.416. The first-order valence-corrected chi connectivity index (χ1v) is 11.3. The van der Waals surface area contributed by atoms with Gasteiger partial charge in [0.25, 0.3) is 5.91 Å². The van der Waals surface area contributed by atoms with Crippen molar-refractivity contribution in [1.29, 1.82) is 0 Å². The monoisotopic (exact) mass is 531 g/mol. The van der Waals surface area contributed by atoms with Crippen LogP contribution in [0.1, 0.15) is 40.5 Å². The van der Waals surface area contributed by atoms with Crippen LogP contribution in [-0.2, 0) is 16.1 Å². The molecule has 1 fully saturated rings. The predicted molar refractivity (Wildman–Crippen MR) is 124 cm³/mol. The predicted octanol–water partition coefficient (Wildman–Crippen LogP) is 2.16. The lowest BCUT2D eigenvalue weighted by molar-refractivity contribution is -0.136. The molecule has 0 aromatic heterocycles. The molecule has 160 valence electrons. The fourth-order valence-corrected chi connectivity index (χ4v) is 5.31. The number of halogens is 1. The van der Waals surface area contributed by atoms with E-state index in [2.05, 4.69) is 68.7 Å². The molecule has 3 aliphatic rings. The van der Waals surface area contributed by atoms with Crippen LogP contribution in [0.5, 0.6) is 0 Å². The molecule has 2 atom stereocenters. The second-order valence-electron chi connectivity index (χ2n) is 8.08. The van der Waals surface area contributed by atoms with Crippen molar-refractivity contribution in [2.45, 2.75) is 31.6 Å². The van der Waals surface area contributed by atoms with Crippen LogP contribution < -0.4 is 20.9 Å². The Kier molecular flexibility index (Phi) is 5.09. The van der Waals surface area contributed by atoms with E-state index >= 15 is 0 Å². The summed E-state index contributed by atoms with van der Waals surface area (Å²) in [7, 11) is 2.06. The van der Waals surface area contributed by atoms with E-state index in [9.17, 15) is 14.4 Å². The van der Waals surface area contributed by atoms with Gasteiger partial charge in [0.05, 0.1) is 6.67 Å². The summed E-state index contributed by atoms with van der Waals surface area (Å²) < 4.78 is 1.17. The molecular weight excluding hydrogens is 509 g/mol. The molecule has 3 N–H and O–H groups in total. The maximum Gasteiger partial charge on any atom is 0.255 e. The number of anilines is 2. The van der Waals surface area contributed by atoms with Crippen molar-refractivity contribution >= 4 is 51.7 Å². The summed E-state index contributed by atoms with van der Waals surface area (Å²) in [6, 6.07) is 11.4. The fraction of sp³-hybridized carbons (Fsp3) is 0.318. The molecule has 0 aliphatic carbocycles. The number of imide groups is 1. The van der Waals surface area contributed by atoms with E-state index in [1.165, 1.54) is 14.8 Å². The lowest BCUT2D eigenvalue weighted by Gasteiger charge is -2.35. The highest BCUT2D eigenvalue weighted by Crippen LogP contribution is 2.35. The molecule has 8 nitrogen and oxygen atoms in total. The number of nitrogens with zero attached hydrogens (tertiary/aromatic N) is 2. The Bertz CT molecular complexity index is 1100. The van der Waals surface area contributed by atoms with Crippen LogP contribution >= 0.6 is 22.6 Å². The first-order valence-electron chi connectivity index (χ1n) is 10.2. The third kappa shape index (κ3) is 3.55. The van der Waals surface area contributed by atoms with E-state index in [0.29, 0.717) is 18.5 Å². The largest absolute Gasteiger partial charge is 0.366 e. The van der Waals surface area contributed by atoms with Gasteiger partial charge in [-0.25, -0.2) is 0 Å². The summed E-state index contributed by atoms with van der Waals surface area (Å²) >= 11 is 2.35. The summed E-state index contributed by atoms with van der Waals surface area (Å²) in [4.78, 5) is 40.3. The van der Waals surface area contributed by atoms with Gasteiger partial charge >= 0.3 is 0 Å². The zero-order valence-corrected chi connectivity index (χ0v) is 19.1. The smallest absolute Gasteiger partial charge is 0.255 e. The molecule has 5 rings (SSSR count). The van der Waals surface area contributed by atoms with Crippen LogP contribution in [0.3, 0.4) is 0 Å². The van der Waals surface area contributed by atoms with Gasteiger partial charge in [0.1, 0.15) is 12.2 Å². The first kappa shape index (κ1) is 20.3. The zero-order valence-electron chi connectivity index (χ0n) is 16.9. The van der Waals surface area contributed by atoms with Crippen LogP contribution in [0, 0.1) is 3.57 Å². The Labute approximate surface area is 193 Å². The van der Waals surface area contributed by atoms with Crippen molar-refractivity contribution in [2.24, 2.45) is 0 Å². The van der Waals surface area contributed by atoms with E-state index in [1.807, 2.05) is 18.2 Å². The molecule has 0 radical (unpaired) electrons. The second kappa shape index (κ2) is 7.79. The number of amides is 3. The lowest BCUT2D eigenvalue weighted by Crippen LogP contribution is -2.52. The maximum absolute atomic E-state index is 12.9. The van der Waals surface area contributed by atoms with Crippen molar-refractivity contribution in [1.82, 2.24) is 15.5 Å². The highest BCUT2D eigenvalue weighted by atomic mass is 127. The number of carbonyl (C=O) groups excluding carboxylic acids is 3. The number of nitrogens with one attached hydrogen (secondary N) is 3. The van der Waals surface area contributed by atoms with Crippen molar-refractivity contribution in [3.05, 3.63) is 56.7 Å². The average molecular weight is 531 g/mol. The van der Waals surface area contributed by atoms with Gasteiger partial charge < -0.3 is 15.1 Å². The minimum Gasteiger partial charge on any atom is -0.366 e. The van der Waals surface area contributed by atoms with Crippen LogP contribution in [-0.4, -0.2) is 42.4 Å². The SMILES string of the molecule is CN1CNC(Nc2ccc3c(c2)CN(C2CCC(=O)NC2=O)C3=O)c2c(I)cccc21. The number of benzene rings is 2. The molecule has 1 saturated heterocycles. The second-order valence-corrected chi connectivity index (χ2v) is 9.24. The van der Waals surface area contributed by atoms with Gasteiger partial charge in [-0.15, -0.1) is 0 Å². The Hall–Kier alpha value is -2.66. The Balaban J connectivity index is 1.38. The molecule has 3 aliphatic heterocycles. The van der Waals surface area contributed by atoms with Crippen molar-refractivity contribution in [3.8, 4) is 0 Å². The van der Waals surface area contributed by atoms with E-state index in [1.54, 1.807) is 4.90 Å². The number of piperidine rings is 1. The molecule has 3 amide bonds. The maximum atomic E-state index is 12.9. The summed E-state index contributed by atoms with van der Waals surface area (Å²) in [5.41, 5.74) is 4.78. The van der Waals surface area contributed by atoms with Gasteiger partial charge in [-0.05, 0) is 64.9 Å². The summed E-state index contributed by atoms with van der Waals surface area (Å²) in [5, 5.41) is 9.41. The molecule has 2 aromatic carbocycles. The molecule has 0 saturated carbocycles. The molecule has 0 spiro atoms. The number of fused-ring (bicyclic) bond motifs is 2. The topological polar surface area (TPSA) is 93.8 Å². The van der Waals surface area contributed by atoms with Crippen LogP contribution in [0.4, 0.5) is 11.4 Å². The number of hydrogen-bond acceptors (Lipinski definition) is 6. The number of hydrogen-bond donors (Lipinski definition) is 3. The first-order chi connectivity index (χ1) is 14.9. The van der Waals surface area contributed by atoms with Gasteiger partial charge in [-0.3, -0.25) is 25.0 Å². The summed E-state index contributed by atoms with van der Waals surface area (Å²) in [6.45, 7) is 1.09. The Morgan fingerprint density at radius 1 is 1.16 bits per heavy atom. The fourth-order valence-electron chi connectivity index (χ4n) is 4.51.